The van der Waals surface area contributed by atoms with Crippen molar-refractivity contribution >= 4 is 40.6 Å². The molecule has 1 heterocycles. The van der Waals surface area contributed by atoms with E-state index in [4.69, 9.17) is 28.9 Å². The highest BCUT2D eigenvalue weighted by molar-refractivity contribution is 6.35. The lowest BCUT2D eigenvalue weighted by Gasteiger charge is -2.24. The number of amides is 1. The number of benzene rings is 2. The van der Waals surface area contributed by atoms with E-state index in [9.17, 15) is 14.4 Å². The summed E-state index contributed by atoms with van der Waals surface area (Å²) in [5, 5.41) is 3.71. The lowest BCUT2D eigenvalue weighted by molar-refractivity contribution is -0.119. The fourth-order valence-corrected chi connectivity index (χ4v) is 3.72. The van der Waals surface area contributed by atoms with Crippen LogP contribution in [0.25, 0.3) is 0 Å². The van der Waals surface area contributed by atoms with E-state index in [0.29, 0.717) is 22.2 Å². The number of likely N-dealkylation sites (N-methyl/N-ethyl adjacent to an activating group) is 1. The monoisotopic (exact) mass is 475 g/mol. The third-order valence-corrected chi connectivity index (χ3v) is 5.51. The van der Waals surface area contributed by atoms with Crippen LogP contribution in [0.3, 0.4) is 0 Å². The minimum Gasteiger partial charge on any atom is -0.383 e. The number of halogens is 2. The van der Waals surface area contributed by atoms with Crippen LogP contribution in [0.4, 0.5) is 11.5 Å². The summed E-state index contributed by atoms with van der Waals surface area (Å²) < 4.78 is 1.28. The zero-order chi connectivity index (χ0) is 23.3. The highest BCUT2D eigenvalue weighted by Crippen LogP contribution is 2.21. The molecule has 3 aromatic rings. The average Bonchev–Trinajstić information content (AvgIpc) is 2.76. The van der Waals surface area contributed by atoms with Crippen LogP contribution in [-0.2, 0) is 17.9 Å². The van der Waals surface area contributed by atoms with E-state index in [-0.39, 0.29) is 37.0 Å². The maximum Gasteiger partial charge on any atom is 0.330 e. The molecular weight excluding hydrogens is 453 g/mol. The molecular formula is C22H23Cl2N5O3. The van der Waals surface area contributed by atoms with E-state index in [0.717, 1.165) is 5.56 Å². The van der Waals surface area contributed by atoms with Crippen molar-refractivity contribution in [1.29, 1.82) is 0 Å². The Labute approximate surface area is 194 Å². The molecule has 0 spiro atoms. The van der Waals surface area contributed by atoms with E-state index in [1.54, 1.807) is 25.1 Å². The van der Waals surface area contributed by atoms with Gasteiger partial charge in [-0.2, -0.15) is 0 Å². The van der Waals surface area contributed by atoms with Crippen molar-refractivity contribution in [3.8, 4) is 0 Å². The van der Waals surface area contributed by atoms with Crippen molar-refractivity contribution in [1.82, 2.24) is 14.9 Å². The Morgan fingerprint density at radius 1 is 1.16 bits per heavy atom. The van der Waals surface area contributed by atoms with E-state index in [2.05, 4.69) is 10.3 Å². The van der Waals surface area contributed by atoms with Gasteiger partial charge in [0.15, 0.2) is 0 Å². The van der Waals surface area contributed by atoms with E-state index >= 15 is 0 Å². The van der Waals surface area contributed by atoms with E-state index < -0.39 is 11.2 Å². The van der Waals surface area contributed by atoms with Gasteiger partial charge in [0.25, 0.3) is 5.56 Å². The molecule has 0 aliphatic rings. The molecule has 0 fully saturated rings. The Morgan fingerprint density at radius 3 is 2.53 bits per heavy atom. The number of nitrogen functional groups attached to an aromatic ring is 1. The summed E-state index contributed by atoms with van der Waals surface area (Å²) in [6.45, 7) is 2.37. The number of nitrogens with zero attached hydrogens (tertiary/aromatic N) is 2. The molecule has 0 bridgehead atoms. The van der Waals surface area contributed by atoms with Crippen molar-refractivity contribution < 1.29 is 4.79 Å². The molecule has 0 aliphatic heterocycles. The largest absolute Gasteiger partial charge is 0.383 e. The van der Waals surface area contributed by atoms with Gasteiger partial charge in [0.1, 0.15) is 11.5 Å². The number of anilines is 2. The fourth-order valence-electron chi connectivity index (χ4n) is 3.24. The molecule has 0 aliphatic carbocycles. The first-order chi connectivity index (χ1) is 15.3. The van der Waals surface area contributed by atoms with Crippen LogP contribution in [0.2, 0.25) is 10.0 Å². The standard InChI is InChI=1S/C22H23Cl2N5O3/c1-2-28(13-18(30)26-11-15-8-9-16(23)10-17(15)24)19-20(25)29(22(32)27-21(19)31)12-14-6-4-3-5-7-14/h3-10H,2,11-13,25H2,1H3,(H,26,30)(H,27,31,32). The zero-order valence-corrected chi connectivity index (χ0v) is 18.9. The number of carbonyl (C=O) groups is 1. The Bertz CT molecular complexity index is 1220. The lowest BCUT2D eigenvalue weighted by Crippen LogP contribution is -2.43. The van der Waals surface area contributed by atoms with Crippen LogP contribution in [0.5, 0.6) is 0 Å². The molecule has 0 saturated heterocycles. The predicted molar refractivity (Wildman–Crippen MR) is 127 cm³/mol. The van der Waals surface area contributed by atoms with Gasteiger partial charge in [-0.05, 0) is 30.2 Å². The van der Waals surface area contributed by atoms with Gasteiger partial charge in [-0.15, -0.1) is 0 Å². The maximum absolute atomic E-state index is 12.6. The summed E-state index contributed by atoms with van der Waals surface area (Å²) in [5.41, 5.74) is 6.59. The third kappa shape index (κ3) is 5.52. The third-order valence-electron chi connectivity index (χ3n) is 4.92. The highest BCUT2D eigenvalue weighted by atomic mass is 35.5. The second-order valence-corrected chi connectivity index (χ2v) is 7.94. The Morgan fingerprint density at radius 2 is 1.88 bits per heavy atom. The second kappa shape index (κ2) is 10.4. The van der Waals surface area contributed by atoms with Gasteiger partial charge in [-0.3, -0.25) is 19.1 Å². The molecule has 168 valence electrons. The van der Waals surface area contributed by atoms with Gasteiger partial charge >= 0.3 is 5.69 Å². The molecule has 4 N–H and O–H groups in total. The number of hydrogen-bond donors (Lipinski definition) is 3. The van der Waals surface area contributed by atoms with Gasteiger partial charge in [-0.1, -0.05) is 59.6 Å². The molecule has 0 atom stereocenters. The molecule has 3 rings (SSSR count). The second-order valence-electron chi connectivity index (χ2n) is 7.09. The lowest BCUT2D eigenvalue weighted by atomic mass is 10.2. The number of H-pyrrole nitrogens is 1. The van der Waals surface area contributed by atoms with Gasteiger partial charge in [0.05, 0.1) is 13.1 Å². The summed E-state index contributed by atoms with van der Waals surface area (Å²) in [4.78, 5) is 41.3. The normalized spacial score (nSPS) is 10.7. The molecule has 8 nitrogen and oxygen atoms in total. The van der Waals surface area contributed by atoms with Gasteiger partial charge in [-0.25, -0.2) is 4.79 Å². The number of hydrogen-bond acceptors (Lipinski definition) is 5. The van der Waals surface area contributed by atoms with E-state index in [1.807, 2.05) is 30.3 Å². The number of aromatic amines is 1. The molecule has 1 amide bonds. The van der Waals surface area contributed by atoms with Crippen molar-refractivity contribution in [3.05, 3.63) is 90.5 Å². The van der Waals surface area contributed by atoms with Crippen molar-refractivity contribution in [2.45, 2.75) is 20.0 Å². The molecule has 2 aromatic carbocycles. The number of carbonyl (C=O) groups excluding carboxylic acids is 1. The van der Waals surface area contributed by atoms with Gasteiger partial charge in [0.2, 0.25) is 5.91 Å². The van der Waals surface area contributed by atoms with Crippen molar-refractivity contribution in [2.24, 2.45) is 0 Å². The van der Waals surface area contributed by atoms with E-state index in [1.165, 1.54) is 9.47 Å². The Kier molecular flexibility index (Phi) is 7.61. The molecule has 1 aromatic heterocycles. The summed E-state index contributed by atoms with van der Waals surface area (Å²) in [6.07, 6.45) is 0. The highest BCUT2D eigenvalue weighted by Gasteiger charge is 2.20. The molecule has 32 heavy (non-hydrogen) atoms. The smallest absolute Gasteiger partial charge is 0.330 e. The molecule has 0 saturated carbocycles. The molecule has 0 unspecified atom stereocenters. The topological polar surface area (TPSA) is 113 Å². The van der Waals surface area contributed by atoms with Gasteiger partial charge < -0.3 is 16.0 Å². The Hall–Kier alpha value is -3.23. The zero-order valence-electron chi connectivity index (χ0n) is 17.4. The molecule has 10 heteroatoms. The summed E-state index contributed by atoms with van der Waals surface area (Å²) >= 11 is 12.0. The minimum absolute atomic E-state index is 0.00185. The van der Waals surface area contributed by atoms with Crippen molar-refractivity contribution in [3.63, 3.8) is 0 Å². The minimum atomic E-state index is -0.646. The van der Waals surface area contributed by atoms with Crippen LogP contribution in [0.15, 0.2) is 58.1 Å². The van der Waals surface area contributed by atoms with Crippen LogP contribution < -0.4 is 27.2 Å². The molecule has 0 radical (unpaired) electrons. The van der Waals surface area contributed by atoms with Crippen LogP contribution in [0.1, 0.15) is 18.1 Å². The van der Waals surface area contributed by atoms with Crippen LogP contribution in [-0.4, -0.2) is 28.5 Å². The Balaban J connectivity index is 1.80. The quantitative estimate of drug-likeness (QED) is 0.463. The first kappa shape index (κ1) is 23.4. The summed E-state index contributed by atoms with van der Waals surface area (Å²) in [7, 11) is 0. The number of aromatic nitrogens is 2. The van der Waals surface area contributed by atoms with Crippen molar-refractivity contribution in [2.75, 3.05) is 23.7 Å². The SMILES string of the molecule is CCN(CC(=O)NCc1ccc(Cl)cc1Cl)c1c(N)n(Cc2ccccc2)c(=O)[nH]c1=O. The maximum atomic E-state index is 12.6. The number of nitrogens with two attached hydrogens (primary N) is 1. The predicted octanol–water partition coefficient (Wildman–Crippen LogP) is 2.62. The summed E-state index contributed by atoms with van der Waals surface area (Å²) in [5.74, 6) is -0.338. The fraction of sp³-hybridized carbons (Fsp3) is 0.227. The average molecular weight is 476 g/mol. The van der Waals surface area contributed by atoms with Crippen LogP contribution >= 0.6 is 23.2 Å². The number of nitrogens with one attached hydrogen (secondary N) is 2. The first-order valence-electron chi connectivity index (χ1n) is 9.92. The number of rotatable bonds is 8. The van der Waals surface area contributed by atoms with Crippen LogP contribution in [0, 0.1) is 0 Å². The first-order valence-corrected chi connectivity index (χ1v) is 10.7. The summed E-state index contributed by atoms with van der Waals surface area (Å²) in [6, 6.07) is 14.3. The van der Waals surface area contributed by atoms with Gasteiger partial charge in [0, 0.05) is 23.1 Å².